The summed E-state index contributed by atoms with van der Waals surface area (Å²) in [6, 6.07) is 10.2. The number of aromatic nitrogens is 1. The van der Waals surface area contributed by atoms with Crippen molar-refractivity contribution in [1.29, 1.82) is 0 Å². The summed E-state index contributed by atoms with van der Waals surface area (Å²) in [6.07, 6.45) is 3.64. The molecule has 0 atom stereocenters. The fourth-order valence-corrected chi connectivity index (χ4v) is 1.66. The predicted octanol–water partition coefficient (Wildman–Crippen LogP) is 2.42. The minimum Gasteiger partial charge on any atom is -0.396 e. The number of hydrogen-bond acceptors (Lipinski definition) is 3. The molecule has 2 aromatic rings. The van der Waals surface area contributed by atoms with E-state index in [9.17, 15) is 0 Å². The Morgan fingerprint density at radius 3 is 3.00 bits per heavy atom. The Bertz CT molecular complexity index is 456. The van der Waals surface area contributed by atoms with E-state index in [2.05, 4.69) is 22.4 Å². The van der Waals surface area contributed by atoms with Crippen LogP contribution in [-0.2, 0) is 0 Å². The molecule has 3 nitrogen and oxygen atoms in total. The van der Waals surface area contributed by atoms with Crippen molar-refractivity contribution in [3.05, 3.63) is 36.5 Å². The summed E-state index contributed by atoms with van der Waals surface area (Å²) in [7, 11) is 0. The van der Waals surface area contributed by atoms with Crippen LogP contribution in [0.15, 0.2) is 36.5 Å². The molecule has 1 aromatic carbocycles. The van der Waals surface area contributed by atoms with Gasteiger partial charge in [-0.25, -0.2) is 0 Å². The van der Waals surface area contributed by atoms with E-state index in [1.165, 1.54) is 0 Å². The van der Waals surface area contributed by atoms with Gasteiger partial charge in [-0.15, -0.1) is 0 Å². The fourth-order valence-electron chi connectivity index (χ4n) is 1.66. The first-order valence-electron chi connectivity index (χ1n) is 5.59. The van der Waals surface area contributed by atoms with E-state index >= 15 is 0 Å². The number of nitrogens with zero attached hydrogens (tertiary/aromatic N) is 1. The average molecular weight is 216 g/mol. The lowest BCUT2D eigenvalue weighted by molar-refractivity contribution is 0.286. The molecule has 0 aliphatic rings. The molecule has 0 bridgehead atoms. The van der Waals surface area contributed by atoms with E-state index in [0.717, 1.165) is 36.0 Å². The van der Waals surface area contributed by atoms with Crippen LogP contribution in [0.1, 0.15) is 12.8 Å². The van der Waals surface area contributed by atoms with Crippen molar-refractivity contribution >= 4 is 16.6 Å². The van der Waals surface area contributed by atoms with Crippen molar-refractivity contribution in [3.63, 3.8) is 0 Å². The number of fused-ring (bicyclic) bond motifs is 1. The molecule has 1 heterocycles. The van der Waals surface area contributed by atoms with Crippen LogP contribution in [0.5, 0.6) is 0 Å². The number of hydrogen-bond donors (Lipinski definition) is 2. The van der Waals surface area contributed by atoms with Gasteiger partial charge in [-0.2, -0.15) is 0 Å². The number of aliphatic hydroxyl groups is 1. The van der Waals surface area contributed by atoms with Crippen LogP contribution in [0.4, 0.5) is 5.69 Å². The van der Waals surface area contributed by atoms with Gasteiger partial charge < -0.3 is 10.4 Å². The van der Waals surface area contributed by atoms with E-state index in [1.807, 2.05) is 18.2 Å². The van der Waals surface area contributed by atoms with Crippen LogP contribution in [0, 0.1) is 0 Å². The maximum atomic E-state index is 8.67. The Balaban J connectivity index is 2.02. The summed E-state index contributed by atoms with van der Waals surface area (Å²) in [4.78, 5) is 4.27. The number of aliphatic hydroxyl groups excluding tert-OH is 1. The molecule has 2 N–H and O–H groups in total. The van der Waals surface area contributed by atoms with Crippen LogP contribution in [-0.4, -0.2) is 23.2 Å². The van der Waals surface area contributed by atoms with Crippen LogP contribution in [0.2, 0.25) is 0 Å². The summed E-state index contributed by atoms with van der Waals surface area (Å²) in [5.41, 5.74) is 2.13. The van der Waals surface area contributed by atoms with Crippen molar-refractivity contribution in [3.8, 4) is 0 Å². The number of nitrogens with one attached hydrogen (secondary N) is 1. The van der Waals surface area contributed by atoms with Gasteiger partial charge in [0.25, 0.3) is 0 Å². The predicted molar refractivity (Wildman–Crippen MR) is 66.6 cm³/mol. The molecule has 0 saturated heterocycles. The van der Waals surface area contributed by atoms with Gasteiger partial charge in [0.05, 0.1) is 5.52 Å². The largest absolute Gasteiger partial charge is 0.396 e. The van der Waals surface area contributed by atoms with Crippen LogP contribution in [0.3, 0.4) is 0 Å². The van der Waals surface area contributed by atoms with E-state index in [-0.39, 0.29) is 6.61 Å². The van der Waals surface area contributed by atoms with Crippen LogP contribution >= 0.6 is 0 Å². The second-order valence-electron chi connectivity index (χ2n) is 3.77. The molecule has 0 saturated carbocycles. The highest BCUT2D eigenvalue weighted by atomic mass is 16.2. The SMILES string of the molecule is OCCCCNc1ccc2ncccc2c1. The van der Waals surface area contributed by atoms with Gasteiger partial charge in [-0.3, -0.25) is 4.98 Å². The smallest absolute Gasteiger partial charge is 0.0703 e. The zero-order valence-electron chi connectivity index (χ0n) is 9.19. The van der Waals surface area contributed by atoms with Gasteiger partial charge in [0.2, 0.25) is 0 Å². The molecule has 84 valence electrons. The van der Waals surface area contributed by atoms with Crippen molar-refractivity contribution in [2.75, 3.05) is 18.5 Å². The normalized spacial score (nSPS) is 10.6. The molecular formula is C13H16N2O. The van der Waals surface area contributed by atoms with Crippen molar-refractivity contribution in [1.82, 2.24) is 4.98 Å². The Kier molecular flexibility index (Phi) is 3.72. The summed E-state index contributed by atoms with van der Waals surface area (Å²) in [5.74, 6) is 0. The summed E-state index contributed by atoms with van der Waals surface area (Å²) < 4.78 is 0. The fraction of sp³-hybridized carbons (Fsp3) is 0.308. The van der Waals surface area contributed by atoms with Crippen LogP contribution in [0.25, 0.3) is 10.9 Å². The van der Waals surface area contributed by atoms with Crippen LogP contribution < -0.4 is 5.32 Å². The molecule has 3 heteroatoms. The first-order valence-corrected chi connectivity index (χ1v) is 5.59. The summed E-state index contributed by atoms with van der Waals surface area (Å²) >= 11 is 0. The second kappa shape index (κ2) is 5.47. The van der Waals surface area contributed by atoms with Gasteiger partial charge in [0.1, 0.15) is 0 Å². The maximum absolute atomic E-state index is 8.67. The molecule has 16 heavy (non-hydrogen) atoms. The number of benzene rings is 1. The topological polar surface area (TPSA) is 45.1 Å². The third-order valence-corrected chi connectivity index (χ3v) is 2.52. The van der Waals surface area contributed by atoms with E-state index in [1.54, 1.807) is 6.20 Å². The van der Waals surface area contributed by atoms with Gasteiger partial charge in [-0.05, 0) is 37.1 Å². The minimum absolute atomic E-state index is 0.267. The van der Waals surface area contributed by atoms with E-state index < -0.39 is 0 Å². The second-order valence-corrected chi connectivity index (χ2v) is 3.77. The molecule has 1 aromatic heterocycles. The highest BCUT2D eigenvalue weighted by Gasteiger charge is 1.95. The maximum Gasteiger partial charge on any atom is 0.0703 e. The number of pyridine rings is 1. The Morgan fingerprint density at radius 1 is 1.19 bits per heavy atom. The molecule has 0 spiro atoms. The quantitative estimate of drug-likeness (QED) is 0.754. The van der Waals surface area contributed by atoms with Gasteiger partial charge in [-0.1, -0.05) is 6.07 Å². The van der Waals surface area contributed by atoms with Crippen molar-refractivity contribution in [2.45, 2.75) is 12.8 Å². The zero-order valence-corrected chi connectivity index (χ0v) is 9.19. The molecule has 2 rings (SSSR count). The lowest BCUT2D eigenvalue weighted by atomic mass is 10.2. The Labute approximate surface area is 95.1 Å². The zero-order chi connectivity index (χ0) is 11.2. The standard InChI is InChI=1S/C13H16N2O/c16-9-2-1-7-14-12-5-6-13-11(10-12)4-3-8-15-13/h3-6,8,10,14,16H,1-2,7,9H2. The third-order valence-electron chi connectivity index (χ3n) is 2.52. The lowest BCUT2D eigenvalue weighted by Crippen LogP contribution is -2.02. The molecule has 0 aliphatic heterocycles. The highest BCUT2D eigenvalue weighted by molar-refractivity contribution is 5.82. The monoisotopic (exact) mass is 216 g/mol. The molecule has 0 aliphatic carbocycles. The number of rotatable bonds is 5. The van der Waals surface area contributed by atoms with Gasteiger partial charge in [0, 0.05) is 30.4 Å². The molecule has 0 radical (unpaired) electrons. The molecule has 0 unspecified atom stereocenters. The molecular weight excluding hydrogens is 200 g/mol. The van der Waals surface area contributed by atoms with Crippen molar-refractivity contribution < 1.29 is 5.11 Å². The first kappa shape index (κ1) is 10.9. The average Bonchev–Trinajstić information content (AvgIpc) is 2.34. The summed E-state index contributed by atoms with van der Waals surface area (Å²) in [6.45, 7) is 1.16. The Hall–Kier alpha value is -1.61. The van der Waals surface area contributed by atoms with Gasteiger partial charge >= 0.3 is 0 Å². The molecule has 0 fully saturated rings. The first-order chi connectivity index (χ1) is 7.90. The third kappa shape index (κ3) is 2.70. The molecule has 0 amide bonds. The number of anilines is 1. The summed E-state index contributed by atoms with van der Waals surface area (Å²) in [5, 5.41) is 13.1. The minimum atomic E-state index is 0.267. The Morgan fingerprint density at radius 2 is 2.12 bits per heavy atom. The van der Waals surface area contributed by atoms with Crippen molar-refractivity contribution in [2.24, 2.45) is 0 Å². The number of unbranched alkanes of at least 4 members (excludes halogenated alkanes) is 1. The van der Waals surface area contributed by atoms with Gasteiger partial charge in [0.15, 0.2) is 0 Å². The van der Waals surface area contributed by atoms with E-state index in [4.69, 9.17) is 5.11 Å². The van der Waals surface area contributed by atoms with E-state index in [0.29, 0.717) is 0 Å². The highest BCUT2D eigenvalue weighted by Crippen LogP contribution is 2.16. The lowest BCUT2D eigenvalue weighted by Gasteiger charge is -2.06.